The molecule has 2 aromatic carbocycles. The summed E-state index contributed by atoms with van der Waals surface area (Å²) in [5, 5.41) is 3.11. The van der Waals surface area contributed by atoms with Gasteiger partial charge in [0.15, 0.2) is 0 Å². The Labute approximate surface area is 132 Å². The van der Waals surface area contributed by atoms with E-state index >= 15 is 0 Å². The van der Waals surface area contributed by atoms with Gasteiger partial charge in [-0.2, -0.15) is 0 Å². The minimum Gasteiger partial charge on any atom is -0.496 e. The topological polar surface area (TPSA) is 38.3 Å². The number of methoxy groups -OCH3 is 1. The summed E-state index contributed by atoms with van der Waals surface area (Å²) in [4.78, 5) is 12.5. The highest BCUT2D eigenvalue weighted by molar-refractivity contribution is 5.95. The van der Waals surface area contributed by atoms with E-state index in [1.165, 1.54) is 5.56 Å². The molecule has 2 aromatic rings. The van der Waals surface area contributed by atoms with Gasteiger partial charge in [-0.1, -0.05) is 30.3 Å². The Morgan fingerprint density at radius 1 is 1.14 bits per heavy atom. The monoisotopic (exact) mass is 297 g/mol. The molecule has 0 unspecified atom stereocenters. The fourth-order valence-corrected chi connectivity index (χ4v) is 2.55. The van der Waals surface area contributed by atoms with Crippen molar-refractivity contribution in [1.29, 1.82) is 0 Å². The Morgan fingerprint density at radius 3 is 2.41 bits per heavy atom. The molecule has 0 aliphatic heterocycles. The van der Waals surface area contributed by atoms with Gasteiger partial charge >= 0.3 is 0 Å². The standard InChI is InChI=1S/C19H23NO2/c1-14-12-16(10-11-17(14)22-4)18(21)20-19(2,3)13-15-8-6-5-7-9-15/h5-12H,13H2,1-4H3,(H,20,21). The number of rotatable bonds is 5. The first kappa shape index (κ1) is 16.1. The zero-order valence-corrected chi connectivity index (χ0v) is 13.6. The lowest BCUT2D eigenvalue weighted by Gasteiger charge is -2.26. The molecule has 0 aromatic heterocycles. The number of benzene rings is 2. The Balaban J connectivity index is 2.08. The fraction of sp³-hybridized carbons (Fsp3) is 0.316. The Kier molecular flexibility index (Phi) is 4.86. The van der Waals surface area contributed by atoms with Crippen molar-refractivity contribution >= 4 is 5.91 Å². The third-order valence-corrected chi connectivity index (χ3v) is 3.60. The number of amides is 1. The van der Waals surface area contributed by atoms with E-state index in [1.54, 1.807) is 13.2 Å². The fourth-order valence-electron chi connectivity index (χ4n) is 2.55. The lowest BCUT2D eigenvalue weighted by molar-refractivity contribution is 0.0913. The van der Waals surface area contributed by atoms with Crippen LogP contribution in [-0.4, -0.2) is 18.6 Å². The Bertz CT molecular complexity index is 648. The van der Waals surface area contributed by atoms with E-state index in [0.717, 1.165) is 17.7 Å². The predicted octanol–water partition coefficient (Wildman–Crippen LogP) is 3.75. The minimum absolute atomic E-state index is 0.0633. The van der Waals surface area contributed by atoms with Crippen LogP contribution in [0.5, 0.6) is 5.75 Å². The number of carbonyl (C=O) groups excluding carboxylic acids is 1. The summed E-state index contributed by atoms with van der Waals surface area (Å²) in [6, 6.07) is 15.6. The molecule has 1 N–H and O–H groups in total. The van der Waals surface area contributed by atoms with Gasteiger partial charge in [-0.3, -0.25) is 4.79 Å². The molecule has 0 atom stereocenters. The van der Waals surface area contributed by atoms with Crippen molar-refractivity contribution in [3.8, 4) is 5.75 Å². The average molecular weight is 297 g/mol. The highest BCUT2D eigenvalue weighted by Gasteiger charge is 2.22. The SMILES string of the molecule is COc1ccc(C(=O)NC(C)(C)Cc2ccccc2)cc1C. The average Bonchev–Trinajstić information content (AvgIpc) is 2.47. The largest absolute Gasteiger partial charge is 0.496 e. The smallest absolute Gasteiger partial charge is 0.251 e. The van der Waals surface area contributed by atoms with E-state index in [0.29, 0.717) is 5.56 Å². The van der Waals surface area contributed by atoms with Crippen LogP contribution in [0.15, 0.2) is 48.5 Å². The zero-order chi connectivity index (χ0) is 16.2. The highest BCUT2D eigenvalue weighted by atomic mass is 16.5. The number of ether oxygens (including phenoxy) is 1. The van der Waals surface area contributed by atoms with Gasteiger partial charge in [-0.05, 0) is 56.5 Å². The molecule has 1 amide bonds. The molecule has 0 bridgehead atoms. The van der Waals surface area contributed by atoms with Crippen LogP contribution in [0.3, 0.4) is 0 Å². The quantitative estimate of drug-likeness (QED) is 0.912. The zero-order valence-electron chi connectivity index (χ0n) is 13.6. The number of nitrogens with one attached hydrogen (secondary N) is 1. The van der Waals surface area contributed by atoms with E-state index < -0.39 is 0 Å². The number of aryl methyl sites for hydroxylation is 1. The molecule has 0 heterocycles. The van der Waals surface area contributed by atoms with Crippen molar-refractivity contribution in [2.75, 3.05) is 7.11 Å². The maximum Gasteiger partial charge on any atom is 0.251 e. The summed E-state index contributed by atoms with van der Waals surface area (Å²) >= 11 is 0. The van der Waals surface area contributed by atoms with Gasteiger partial charge in [0.05, 0.1) is 7.11 Å². The van der Waals surface area contributed by atoms with Crippen molar-refractivity contribution in [2.45, 2.75) is 32.7 Å². The summed E-state index contributed by atoms with van der Waals surface area (Å²) in [6.45, 7) is 6.01. The molecule has 0 aliphatic rings. The molecule has 0 aliphatic carbocycles. The number of hydrogen-bond acceptors (Lipinski definition) is 2. The van der Waals surface area contributed by atoms with E-state index in [4.69, 9.17) is 4.74 Å². The second-order valence-corrected chi connectivity index (χ2v) is 6.18. The maximum atomic E-state index is 12.5. The Morgan fingerprint density at radius 2 is 1.82 bits per heavy atom. The van der Waals surface area contributed by atoms with Gasteiger partial charge in [-0.25, -0.2) is 0 Å². The van der Waals surface area contributed by atoms with Crippen molar-refractivity contribution in [3.05, 3.63) is 65.2 Å². The molecule has 0 saturated carbocycles. The molecule has 0 fully saturated rings. The second kappa shape index (κ2) is 6.65. The van der Waals surface area contributed by atoms with Crippen molar-refractivity contribution in [2.24, 2.45) is 0 Å². The molecule has 0 saturated heterocycles. The van der Waals surface area contributed by atoms with Gasteiger partial charge in [-0.15, -0.1) is 0 Å². The van der Waals surface area contributed by atoms with Crippen LogP contribution < -0.4 is 10.1 Å². The van der Waals surface area contributed by atoms with Gasteiger partial charge in [0.25, 0.3) is 5.91 Å². The second-order valence-electron chi connectivity index (χ2n) is 6.18. The van der Waals surface area contributed by atoms with Crippen molar-refractivity contribution < 1.29 is 9.53 Å². The Hall–Kier alpha value is -2.29. The lowest BCUT2D eigenvalue weighted by Crippen LogP contribution is -2.45. The summed E-state index contributed by atoms with van der Waals surface area (Å²) in [6.07, 6.45) is 0.786. The summed E-state index contributed by atoms with van der Waals surface area (Å²) in [5.74, 6) is 0.728. The first-order valence-electron chi connectivity index (χ1n) is 7.42. The van der Waals surface area contributed by atoms with E-state index in [2.05, 4.69) is 17.4 Å². The highest BCUT2D eigenvalue weighted by Crippen LogP contribution is 2.19. The maximum absolute atomic E-state index is 12.5. The van der Waals surface area contributed by atoms with Gasteiger partial charge in [0.2, 0.25) is 0 Å². The predicted molar refractivity (Wildman–Crippen MR) is 89.4 cm³/mol. The van der Waals surface area contributed by atoms with Gasteiger partial charge < -0.3 is 10.1 Å². The summed E-state index contributed by atoms with van der Waals surface area (Å²) in [5.41, 5.74) is 2.50. The van der Waals surface area contributed by atoms with E-state index in [1.807, 2.05) is 51.1 Å². The molecule has 0 spiro atoms. The molecule has 22 heavy (non-hydrogen) atoms. The van der Waals surface area contributed by atoms with E-state index in [9.17, 15) is 4.79 Å². The first-order chi connectivity index (χ1) is 10.4. The van der Waals surface area contributed by atoms with Crippen LogP contribution in [0.1, 0.15) is 35.3 Å². The molecule has 116 valence electrons. The lowest BCUT2D eigenvalue weighted by atomic mass is 9.94. The van der Waals surface area contributed by atoms with E-state index in [-0.39, 0.29) is 11.4 Å². The van der Waals surface area contributed by atoms with Gasteiger partial charge in [0.1, 0.15) is 5.75 Å². The molecule has 3 heteroatoms. The minimum atomic E-state index is -0.313. The van der Waals surface area contributed by atoms with Crippen LogP contribution >= 0.6 is 0 Å². The normalized spacial score (nSPS) is 11.1. The first-order valence-corrected chi connectivity index (χ1v) is 7.42. The molecule has 0 radical (unpaired) electrons. The third kappa shape index (κ3) is 4.10. The molecular weight excluding hydrogens is 274 g/mol. The van der Waals surface area contributed by atoms with Crippen LogP contribution in [-0.2, 0) is 6.42 Å². The van der Waals surface area contributed by atoms with Crippen LogP contribution in [0.4, 0.5) is 0 Å². The molecular formula is C19H23NO2. The summed E-state index contributed by atoms with van der Waals surface area (Å²) in [7, 11) is 1.63. The molecule has 3 nitrogen and oxygen atoms in total. The third-order valence-electron chi connectivity index (χ3n) is 3.60. The summed E-state index contributed by atoms with van der Waals surface area (Å²) < 4.78 is 5.23. The van der Waals surface area contributed by atoms with Crippen molar-refractivity contribution in [3.63, 3.8) is 0 Å². The van der Waals surface area contributed by atoms with Crippen LogP contribution in [0, 0.1) is 6.92 Å². The van der Waals surface area contributed by atoms with Crippen molar-refractivity contribution in [1.82, 2.24) is 5.32 Å². The van der Waals surface area contributed by atoms with Crippen LogP contribution in [0.25, 0.3) is 0 Å². The number of hydrogen-bond donors (Lipinski definition) is 1. The molecule has 2 rings (SSSR count). The number of carbonyl (C=O) groups is 1. The van der Waals surface area contributed by atoms with Gasteiger partial charge in [0, 0.05) is 11.1 Å². The van der Waals surface area contributed by atoms with Crippen LogP contribution in [0.2, 0.25) is 0 Å².